The van der Waals surface area contributed by atoms with Crippen molar-refractivity contribution in [3.8, 4) is 11.9 Å². The third kappa shape index (κ3) is 2.79. The molecule has 4 heteroatoms. The highest BCUT2D eigenvalue weighted by molar-refractivity contribution is 5.38. The van der Waals surface area contributed by atoms with Gasteiger partial charge < -0.3 is 4.74 Å². The van der Waals surface area contributed by atoms with E-state index in [4.69, 9.17) is 10.00 Å². The van der Waals surface area contributed by atoms with Gasteiger partial charge in [0, 0.05) is 11.9 Å². The lowest BCUT2D eigenvalue weighted by molar-refractivity contribution is 0.288. The van der Waals surface area contributed by atoms with E-state index in [0.29, 0.717) is 18.1 Å². The van der Waals surface area contributed by atoms with E-state index < -0.39 is 0 Å². The fourth-order valence-electron chi connectivity index (χ4n) is 1.35. The van der Waals surface area contributed by atoms with Crippen molar-refractivity contribution in [3.05, 3.63) is 53.5 Å². The topological polar surface area (TPSA) is 58.8 Å². The number of rotatable bonds is 3. The van der Waals surface area contributed by atoms with Crippen LogP contribution in [-0.4, -0.2) is 9.97 Å². The van der Waals surface area contributed by atoms with Gasteiger partial charge in [-0.3, -0.25) is 4.98 Å². The number of aromatic nitrogens is 2. The Hall–Kier alpha value is -2.41. The van der Waals surface area contributed by atoms with Crippen molar-refractivity contribution in [2.45, 2.75) is 13.5 Å². The summed E-state index contributed by atoms with van der Waals surface area (Å²) in [7, 11) is 0. The quantitative estimate of drug-likeness (QED) is 0.803. The predicted octanol–water partition coefficient (Wildman–Crippen LogP) is 2.24. The molecule has 0 saturated carbocycles. The van der Waals surface area contributed by atoms with Gasteiger partial charge in [-0.2, -0.15) is 5.26 Å². The maximum atomic E-state index is 8.92. The van der Waals surface area contributed by atoms with E-state index in [1.54, 1.807) is 18.3 Å². The van der Waals surface area contributed by atoms with Crippen LogP contribution in [0.5, 0.6) is 5.88 Å². The summed E-state index contributed by atoms with van der Waals surface area (Å²) in [6, 6.07) is 11.1. The maximum absolute atomic E-state index is 8.92. The smallest absolute Gasteiger partial charge is 0.232 e. The Morgan fingerprint density at radius 1 is 1.29 bits per heavy atom. The monoisotopic (exact) mass is 225 g/mol. The number of hydrogen-bond donors (Lipinski definition) is 0. The van der Waals surface area contributed by atoms with Gasteiger partial charge in [0.25, 0.3) is 0 Å². The molecule has 84 valence electrons. The van der Waals surface area contributed by atoms with Crippen molar-refractivity contribution < 1.29 is 4.74 Å². The number of hydrogen-bond acceptors (Lipinski definition) is 4. The van der Waals surface area contributed by atoms with Crippen LogP contribution in [0.4, 0.5) is 0 Å². The van der Waals surface area contributed by atoms with E-state index >= 15 is 0 Å². The summed E-state index contributed by atoms with van der Waals surface area (Å²) in [5, 5.41) is 8.92. The lowest BCUT2D eigenvalue weighted by atomic mass is 10.2. The number of ether oxygens (including phenoxy) is 1. The maximum Gasteiger partial charge on any atom is 0.232 e. The van der Waals surface area contributed by atoms with Crippen molar-refractivity contribution in [2.75, 3.05) is 0 Å². The molecule has 0 radical (unpaired) electrons. The minimum atomic E-state index is 0.311. The van der Waals surface area contributed by atoms with Crippen LogP contribution in [0.25, 0.3) is 0 Å². The van der Waals surface area contributed by atoms with Crippen molar-refractivity contribution in [1.82, 2.24) is 9.97 Å². The Balaban J connectivity index is 2.14. The summed E-state index contributed by atoms with van der Waals surface area (Å²) < 4.78 is 5.50. The first-order chi connectivity index (χ1) is 8.29. The summed E-state index contributed by atoms with van der Waals surface area (Å²) in [5.41, 5.74) is 2.06. The van der Waals surface area contributed by atoms with Crippen LogP contribution in [0.15, 0.2) is 36.5 Å². The molecule has 0 atom stereocenters. The minimum absolute atomic E-state index is 0.311. The molecule has 0 aromatic carbocycles. The van der Waals surface area contributed by atoms with Gasteiger partial charge >= 0.3 is 0 Å². The fourth-order valence-corrected chi connectivity index (χ4v) is 1.35. The van der Waals surface area contributed by atoms with Crippen LogP contribution in [0, 0.1) is 18.3 Å². The Morgan fingerprint density at radius 2 is 2.18 bits per heavy atom. The van der Waals surface area contributed by atoms with E-state index in [1.807, 2.05) is 25.1 Å². The average Bonchev–Trinajstić information content (AvgIpc) is 2.38. The highest BCUT2D eigenvalue weighted by atomic mass is 16.5. The summed E-state index contributed by atoms with van der Waals surface area (Å²) >= 11 is 0. The van der Waals surface area contributed by atoms with Crippen LogP contribution in [-0.2, 0) is 6.61 Å². The van der Waals surface area contributed by atoms with Crippen molar-refractivity contribution >= 4 is 0 Å². The summed E-state index contributed by atoms with van der Waals surface area (Å²) in [5.74, 6) is 0.359. The second-order valence-corrected chi connectivity index (χ2v) is 3.53. The largest absolute Gasteiger partial charge is 0.470 e. The zero-order valence-electron chi connectivity index (χ0n) is 9.42. The lowest BCUT2D eigenvalue weighted by Gasteiger charge is -2.06. The van der Waals surface area contributed by atoms with Crippen LogP contribution in [0.2, 0.25) is 0 Å². The zero-order valence-corrected chi connectivity index (χ0v) is 9.42. The molecule has 0 aliphatic rings. The highest BCUT2D eigenvalue weighted by Gasteiger charge is 2.05. The van der Waals surface area contributed by atoms with Gasteiger partial charge in [0.2, 0.25) is 5.88 Å². The molecule has 2 aromatic heterocycles. The fraction of sp³-hybridized carbons (Fsp3) is 0.154. The molecule has 2 heterocycles. The van der Waals surface area contributed by atoms with Crippen molar-refractivity contribution in [2.24, 2.45) is 0 Å². The summed E-state index contributed by atoms with van der Waals surface area (Å²) in [4.78, 5) is 8.32. The highest BCUT2D eigenvalue weighted by Crippen LogP contribution is 2.15. The molecular formula is C13H11N3O. The van der Waals surface area contributed by atoms with Gasteiger partial charge in [0.1, 0.15) is 18.2 Å². The van der Waals surface area contributed by atoms with E-state index in [1.165, 1.54) is 0 Å². The van der Waals surface area contributed by atoms with Gasteiger partial charge in [-0.1, -0.05) is 6.07 Å². The predicted molar refractivity (Wildman–Crippen MR) is 62.3 cm³/mol. The summed E-state index contributed by atoms with van der Waals surface area (Å²) in [6.07, 6.45) is 1.70. The zero-order chi connectivity index (χ0) is 12.1. The third-order valence-corrected chi connectivity index (χ3v) is 2.20. The standard InChI is InChI=1S/C13H11N3O/c1-10-5-6-11(8-14)13(16-10)17-9-12-4-2-3-7-15-12/h2-7H,9H2,1H3. The van der Waals surface area contributed by atoms with E-state index in [2.05, 4.69) is 16.0 Å². The third-order valence-electron chi connectivity index (χ3n) is 2.20. The Morgan fingerprint density at radius 3 is 2.88 bits per heavy atom. The SMILES string of the molecule is Cc1ccc(C#N)c(OCc2ccccn2)n1. The molecule has 0 spiro atoms. The van der Waals surface area contributed by atoms with Crippen molar-refractivity contribution in [3.63, 3.8) is 0 Å². The number of nitriles is 1. The molecule has 0 unspecified atom stereocenters. The molecule has 0 N–H and O–H groups in total. The van der Waals surface area contributed by atoms with E-state index in [0.717, 1.165) is 11.4 Å². The minimum Gasteiger partial charge on any atom is -0.470 e. The molecule has 0 fully saturated rings. The van der Waals surface area contributed by atoms with E-state index in [9.17, 15) is 0 Å². The molecule has 0 saturated heterocycles. The summed E-state index contributed by atoms with van der Waals surface area (Å²) in [6.45, 7) is 2.17. The molecule has 0 bridgehead atoms. The molecule has 4 nitrogen and oxygen atoms in total. The molecule has 2 rings (SSSR count). The second kappa shape index (κ2) is 5.08. The molecule has 0 aliphatic carbocycles. The molecule has 0 amide bonds. The van der Waals surface area contributed by atoms with Gasteiger partial charge in [0.15, 0.2) is 0 Å². The van der Waals surface area contributed by atoms with E-state index in [-0.39, 0.29) is 0 Å². The molecule has 2 aromatic rings. The van der Waals surface area contributed by atoms with Gasteiger partial charge in [-0.25, -0.2) is 4.98 Å². The lowest BCUT2D eigenvalue weighted by Crippen LogP contribution is -2.01. The molecular weight excluding hydrogens is 214 g/mol. The first-order valence-corrected chi connectivity index (χ1v) is 5.20. The Bertz CT molecular complexity index is 546. The van der Waals surface area contributed by atoms with Crippen LogP contribution < -0.4 is 4.74 Å². The number of aryl methyl sites for hydroxylation is 1. The Labute approximate surface area is 99.5 Å². The Kier molecular flexibility index (Phi) is 3.31. The molecule has 17 heavy (non-hydrogen) atoms. The first-order valence-electron chi connectivity index (χ1n) is 5.20. The van der Waals surface area contributed by atoms with Gasteiger partial charge in [-0.15, -0.1) is 0 Å². The van der Waals surface area contributed by atoms with Gasteiger partial charge in [-0.05, 0) is 31.2 Å². The van der Waals surface area contributed by atoms with Crippen LogP contribution >= 0.6 is 0 Å². The second-order valence-electron chi connectivity index (χ2n) is 3.53. The normalized spacial score (nSPS) is 9.65. The number of pyridine rings is 2. The first kappa shape index (κ1) is 11.1. The van der Waals surface area contributed by atoms with Crippen LogP contribution in [0.3, 0.4) is 0 Å². The van der Waals surface area contributed by atoms with Crippen LogP contribution in [0.1, 0.15) is 17.0 Å². The van der Waals surface area contributed by atoms with Crippen molar-refractivity contribution in [1.29, 1.82) is 5.26 Å². The van der Waals surface area contributed by atoms with Gasteiger partial charge in [0.05, 0.1) is 5.69 Å². The molecule has 0 aliphatic heterocycles. The average molecular weight is 225 g/mol. The number of nitrogens with zero attached hydrogens (tertiary/aromatic N) is 3.